The largest absolute Gasteiger partial charge is 0.372 e. The fourth-order valence-electron chi connectivity index (χ4n) is 1.21. The first-order valence-corrected chi connectivity index (χ1v) is 4.08. The van der Waals surface area contributed by atoms with Crippen LogP contribution in [0, 0.1) is 6.92 Å². The van der Waals surface area contributed by atoms with E-state index in [0.717, 1.165) is 17.0 Å². The van der Waals surface area contributed by atoms with Gasteiger partial charge in [-0.15, -0.1) is 0 Å². The zero-order valence-electron chi connectivity index (χ0n) is 7.57. The number of rotatable bonds is 1. The number of hydrogen-bond donors (Lipinski definition) is 1. The van der Waals surface area contributed by atoms with Crippen molar-refractivity contribution in [3.05, 3.63) is 24.0 Å². The zero-order chi connectivity index (χ0) is 9.26. The fourth-order valence-corrected chi connectivity index (χ4v) is 1.21. The maximum absolute atomic E-state index is 4.36. The molecular weight excluding hydrogens is 164 g/mol. The van der Waals surface area contributed by atoms with Gasteiger partial charge < -0.3 is 5.32 Å². The van der Waals surface area contributed by atoms with Gasteiger partial charge in [0.1, 0.15) is 11.3 Å². The summed E-state index contributed by atoms with van der Waals surface area (Å²) in [7, 11) is 1.83. The number of hydrogen-bond acceptors (Lipinski definition) is 4. The zero-order valence-corrected chi connectivity index (χ0v) is 7.57. The molecule has 0 atom stereocenters. The highest BCUT2D eigenvalue weighted by atomic mass is 15.0. The molecule has 0 saturated carbocycles. The molecule has 0 unspecified atom stereocenters. The van der Waals surface area contributed by atoms with Crippen LogP contribution in [0.5, 0.6) is 0 Å². The Labute approximate surface area is 76.1 Å². The Kier molecular flexibility index (Phi) is 1.81. The molecule has 0 amide bonds. The third-order valence-electron chi connectivity index (χ3n) is 1.85. The lowest BCUT2D eigenvalue weighted by Crippen LogP contribution is -1.99. The van der Waals surface area contributed by atoms with Crippen molar-refractivity contribution in [3.8, 4) is 0 Å². The van der Waals surface area contributed by atoms with E-state index in [-0.39, 0.29) is 0 Å². The minimum Gasteiger partial charge on any atom is -0.372 e. The molecule has 0 aromatic carbocycles. The first kappa shape index (κ1) is 7.91. The summed E-state index contributed by atoms with van der Waals surface area (Å²) in [5.74, 6) is 0.806. The Bertz CT molecular complexity index is 439. The molecule has 0 aliphatic rings. The van der Waals surface area contributed by atoms with Gasteiger partial charge in [0.2, 0.25) is 0 Å². The van der Waals surface area contributed by atoms with E-state index in [1.165, 1.54) is 0 Å². The van der Waals surface area contributed by atoms with E-state index in [0.29, 0.717) is 5.65 Å². The highest BCUT2D eigenvalue weighted by molar-refractivity contribution is 5.71. The van der Waals surface area contributed by atoms with Gasteiger partial charge in [-0.3, -0.25) is 0 Å². The van der Waals surface area contributed by atoms with Gasteiger partial charge in [0.15, 0.2) is 5.65 Å². The summed E-state index contributed by atoms with van der Waals surface area (Å²) in [5, 5.41) is 2.99. The lowest BCUT2D eigenvalue weighted by atomic mass is 10.4. The Morgan fingerprint density at radius 1 is 1.31 bits per heavy atom. The van der Waals surface area contributed by atoms with Crippen LogP contribution in [0.25, 0.3) is 11.2 Å². The van der Waals surface area contributed by atoms with Crippen LogP contribution in [0.4, 0.5) is 5.82 Å². The predicted molar refractivity (Wildman–Crippen MR) is 51.6 cm³/mol. The second-order valence-electron chi connectivity index (χ2n) is 2.75. The molecule has 66 valence electrons. The number of anilines is 1. The summed E-state index contributed by atoms with van der Waals surface area (Å²) in [6, 6.07) is 3.75. The second-order valence-corrected chi connectivity index (χ2v) is 2.75. The van der Waals surface area contributed by atoms with Gasteiger partial charge in [0.05, 0.1) is 5.69 Å². The molecule has 2 aromatic rings. The molecule has 13 heavy (non-hydrogen) atoms. The van der Waals surface area contributed by atoms with Crippen molar-refractivity contribution in [3.63, 3.8) is 0 Å². The van der Waals surface area contributed by atoms with Crippen molar-refractivity contribution in [1.82, 2.24) is 15.0 Å². The van der Waals surface area contributed by atoms with E-state index in [4.69, 9.17) is 0 Å². The van der Waals surface area contributed by atoms with Crippen LogP contribution in [0.15, 0.2) is 18.3 Å². The summed E-state index contributed by atoms with van der Waals surface area (Å²) in [4.78, 5) is 12.8. The molecule has 0 radical (unpaired) electrons. The third-order valence-corrected chi connectivity index (χ3v) is 1.85. The van der Waals surface area contributed by atoms with E-state index in [1.807, 2.05) is 26.1 Å². The molecule has 4 nitrogen and oxygen atoms in total. The van der Waals surface area contributed by atoms with Crippen LogP contribution >= 0.6 is 0 Å². The summed E-state index contributed by atoms with van der Waals surface area (Å²) < 4.78 is 0. The van der Waals surface area contributed by atoms with Gasteiger partial charge in [-0.05, 0) is 19.1 Å². The smallest absolute Gasteiger partial charge is 0.178 e. The average molecular weight is 174 g/mol. The monoisotopic (exact) mass is 174 g/mol. The van der Waals surface area contributed by atoms with Gasteiger partial charge in [-0.2, -0.15) is 0 Å². The lowest BCUT2D eigenvalue weighted by Gasteiger charge is -2.03. The molecule has 1 N–H and O–H groups in total. The Balaban J connectivity index is 2.74. The van der Waals surface area contributed by atoms with Crippen molar-refractivity contribution >= 4 is 17.0 Å². The first-order valence-electron chi connectivity index (χ1n) is 4.08. The van der Waals surface area contributed by atoms with Gasteiger partial charge >= 0.3 is 0 Å². The lowest BCUT2D eigenvalue weighted by molar-refractivity contribution is 1.14. The van der Waals surface area contributed by atoms with Crippen molar-refractivity contribution in [1.29, 1.82) is 0 Å². The van der Waals surface area contributed by atoms with E-state index in [1.54, 1.807) is 6.20 Å². The minimum atomic E-state index is 0.694. The molecule has 0 spiro atoms. The molecule has 0 aliphatic carbocycles. The van der Waals surface area contributed by atoms with Crippen LogP contribution in [0.1, 0.15) is 5.69 Å². The molecular formula is C9H10N4. The third kappa shape index (κ3) is 1.30. The molecule has 2 heterocycles. The Hall–Kier alpha value is -1.71. The molecule has 0 bridgehead atoms. The molecule has 2 aromatic heterocycles. The standard InChI is InChI=1S/C9H10N4/c1-6-8(10-2)13-7-4-3-5-11-9(7)12-6/h3-5H,1-2H3,(H,10,13). The van der Waals surface area contributed by atoms with Crippen molar-refractivity contribution in [2.75, 3.05) is 12.4 Å². The second kappa shape index (κ2) is 2.97. The summed E-state index contributed by atoms with van der Waals surface area (Å²) >= 11 is 0. The van der Waals surface area contributed by atoms with Crippen LogP contribution in [-0.2, 0) is 0 Å². The van der Waals surface area contributed by atoms with Crippen molar-refractivity contribution in [2.24, 2.45) is 0 Å². The van der Waals surface area contributed by atoms with Crippen molar-refractivity contribution < 1.29 is 0 Å². The minimum absolute atomic E-state index is 0.694. The number of nitrogens with zero attached hydrogens (tertiary/aromatic N) is 3. The normalized spacial score (nSPS) is 10.3. The number of pyridine rings is 1. The van der Waals surface area contributed by atoms with E-state index >= 15 is 0 Å². The molecule has 4 heteroatoms. The quantitative estimate of drug-likeness (QED) is 0.709. The van der Waals surface area contributed by atoms with Gasteiger partial charge in [0.25, 0.3) is 0 Å². The van der Waals surface area contributed by atoms with Crippen molar-refractivity contribution in [2.45, 2.75) is 6.92 Å². The Morgan fingerprint density at radius 2 is 2.15 bits per heavy atom. The maximum Gasteiger partial charge on any atom is 0.178 e. The maximum atomic E-state index is 4.36. The first-order chi connectivity index (χ1) is 6.31. The molecule has 2 rings (SSSR count). The van der Waals surface area contributed by atoms with E-state index in [2.05, 4.69) is 20.3 Å². The highest BCUT2D eigenvalue weighted by Crippen LogP contribution is 2.12. The number of aromatic nitrogens is 3. The number of nitrogens with one attached hydrogen (secondary N) is 1. The Morgan fingerprint density at radius 3 is 2.92 bits per heavy atom. The highest BCUT2D eigenvalue weighted by Gasteiger charge is 2.02. The molecule has 0 aliphatic heterocycles. The molecule has 0 saturated heterocycles. The van der Waals surface area contributed by atoms with Crippen LogP contribution < -0.4 is 5.32 Å². The predicted octanol–water partition coefficient (Wildman–Crippen LogP) is 1.37. The topological polar surface area (TPSA) is 50.7 Å². The van der Waals surface area contributed by atoms with Gasteiger partial charge in [-0.25, -0.2) is 15.0 Å². The SMILES string of the molecule is CNc1nc2cccnc2nc1C. The fraction of sp³-hybridized carbons (Fsp3) is 0.222. The van der Waals surface area contributed by atoms with Gasteiger partial charge in [-0.1, -0.05) is 0 Å². The average Bonchev–Trinajstić information content (AvgIpc) is 2.17. The summed E-state index contributed by atoms with van der Waals surface area (Å²) in [5.41, 5.74) is 2.38. The van der Waals surface area contributed by atoms with Crippen LogP contribution in [0.3, 0.4) is 0 Å². The van der Waals surface area contributed by atoms with Crippen LogP contribution in [-0.4, -0.2) is 22.0 Å². The number of fused-ring (bicyclic) bond motifs is 1. The van der Waals surface area contributed by atoms with Gasteiger partial charge in [0, 0.05) is 13.2 Å². The van der Waals surface area contributed by atoms with E-state index in [9.17, 15) is 0 Å². The summed E-state index contributed by atoms with van der Waals surface area (Å²) in [6.45, 7) is 1.91. The van der Waals surface area contributed by atoms with Crippen LogP contribution in [0.2, 0.25) is 0 Å². The summed E-state index contributed by atoms with van der Waals surface area (Å²) in [6.07, 6.45) is 1.72. The number of aryl methyl sites for hydroxylation is 1. The molecule has 0 fully saturated rings. The van der Waals surface area contributed by atoms with E-state index < -0.39 is 0 Å².